The Hall–Kier alpha value is -1.97. The zero-order valence-electron chi connectivity index (χ0n) is 17.7. The number of amides is 1. The third-order valence-electron chi connectivity index (χ3n) is 6.59. The Balaban J connectivity index is 1.35. The van der Waals surface area contributed by atoms with E-state index >= 15 is 0 Å². The van der Waals surface area contributed by atoms with E-state index in [1.165, 1.54) is 23.3 Å². The molecule has 1 saturated carbocycles. The van der Waals surface area contributed by atoms with E-state index in [0.717, 1.165) is 18.8 Å². The fourth-order valence-corrected chi connectivity index (χ4v) is 6.08. The van der Waals surface area contributed by atoms with Gasteiger partial charge in [0.05, 0.1) is 6.04 Å². The monoisotopic (exact) mass is 433 g/mol. The van der Waals surface area contributed by atoms with Crippen molar-refractivity contribution in [3.05, 3.63) is 24.5 Å². The fraction of sp³-hybridized carbons (Fsp3) is 0.619. The molecule has 0 spiro atoms. The molecule has 0 radical (unpaired) electrons. The van der Waals surface area contributed by atoms with Crippen LogP contribution >= 0.6 is 0 Å². The first-order valence-corrected chi connectivity index (χ1v) is 12.3. The van der Waals surface area contributed by atoms with Gasteiger partial charge in [0.2, 0.25) is 15.9 Å². The van der Waals surface area contributed by atoms with Crippen molar-refractivity contribution in [1.82, 2.24) is 24.5 Å². The zero-order chi connectivity index (χ0) is 21.3. The second-order valence-electron chi connectivity index (χ2n) is 8.63. The summed E-state index contributed by atoms with van der Waals surface area (Å²) in [5, 5.41) is 3.80. The molecule has 164 valence electrons. The molecule has 30 heavy (non-hydrogen) atoms. The SMILES string of the molecule is CC1CCC(NC(=O)C(C)N2CCN(S(=O)(=O)c3c[nH]c4ncccc34)CC2)CC1. The number of piperazine rings is 1. The van der Waals surface area contributed by atoms with Crippen molar-refractivity contribution in [2.75, 3.05) is 26.2 Å². The van der Waals surface area contributed by atoms with Gasteiger partial charge in [0.1, 0.15) is 10.5 Å². The number of pyridine rings is 1. The van der Waals surface area contributed by atoms with Crippen molar-refractivity contribution in [2.45, 2.75) is 56.5 Å². The maximum absolute atomic E-state index is 13.1. The largest absolute Gasteiger partial charge is 0.352 e. The number of hydrogen-bond donors (Lipinski definition) is 2. The van der Waals surface area contributed by atoms with Crippen LogP contribution in [-0.2, 0) is 14.8 Å². The summed E-state index contributed by atoms with van der Waals surface area (Å²) in [4.78, 5) is 22.2. The first kappa shape index (κ1) is 21.3. The van der Waals surface area contributed by atoms with Crippen molar-refractivity contribution in [2.24, 2.45) is 5.92 Å². The number of nitrogens with zero attached hydrogens (tertiary/aromatic N) is 3. The van der Waals surface area contributed by atoms with E-state index in [9.17, 15) is 13.2 Å². The van der Waals surface area contributed by atoms with E-state index in [4.69, 9.17) is 0 Å². The summed E-state index contributed by atoms with van der Waals surface area (Å²) < 4.78 is 27.8. The predicted molar refractivity (Wildman–Crippen MR) is 115 cm³/mol. The van der Waals surface area contributed by atoms with Gasteiger partial charge in [-0.3, -0.25) is 9.69 Å². The second kappa shape index (κ2) is 8.64. The standard InChI is InChI=1S/C21H31N5O3S/c1-15-5-7-17(8-6-15)24-21(27)16(2)25-10-12-26(13-11-25)30(28,29)19-14-23-20-18(19)4-3-9-22-20/h3-4,9,14-17H,5-8,10-13H2,1-2H3,(H,22,23)(H,24,27). The lowest BCUT2D eigenvalue weighted by molar-refractivity contribution is -0.127. The van der Waals surface area contributed by atoms with Crippen LogP contribution in [0, 0.1) is 5.92 Å². The van der Waals surface area contributed by atoms with Crippen LogP contribution in [0.25, 0.3) is 11.0 Å². The van der Waals surface area contributed by atoms with Crippen molar-refractivity contribution >= 4 is 27.0 Å². The third kappa shape index (κ3) is 4.24. The molecule has 0 aromatic carbocycles. The molecular formula is C21H31N5O3S. The van der Waals surface area contributed by atoms with E-state index in [-0.39, 0.29) is 22.9 Å². The van der Waals surface area contributed by atoms with Crippen molar-refractivity contribution in [3.63, 3.8) is 0 Å². The number of aromatic amines is 1. The molecule has 4 rings (SSSR count). The second-order valence-corrected chi connectivity index (χ2v) is 10.5. The molecule has 2 fully saturated rings. The van der Waals surface area contributed by atoms with Crippen LogP contribution in [0.5, 0.6) is 0 Å². The Bertz CT molecular complexity index is 989. The number of rotatable bonds is 5. The van der Waals surface area contributed by atoms with Gasteiger partial charge >= 0.3 is 0 Å². The summed E-state index contributed by atoms with van der Waals surface area (Å²) in [6.45, 7) is 5.99. The Morgan fingerprint density at radius 2 is 1.90 bits per heavy atom. The maximum atomic E-state index is 13.1. The van der Waals surface area contributed by atoms with E-state index in [2.05, 4.69) is 27.1 Å². The number of carbonyl (C=O) groups is 1. The first-order chi connectivity index (χ1) is 14.4. The number of aromatic nitrogens is 2. The number of H-pyrrole nitrogens is 1. The van der Waals surface area contributed by atoms with E-state index in [1.807, 2.05) is 6.92 Å². The molecule has 1 unspecified atom stereocenters. The molecule has 8 nitrogen and oxygen atoms in total. The molecule has 2 aliphatic rings. The summed E-state index contributed by atoms with van der Waals surface area (Å²) in [5.74, 6) is 0.798. The number of hydrogen-bond acceptors (Lipinski definition) is 5. The molecule has 2 aromatic rings. The summed E-state index contributed by atoms with van der Waals surface area (Å²) in [6.07, 6.45) is 7.57. The molecule has 1 saturated heterocycles. The smallest absolute Gasteiger partial charge is 0.245 e. The van der Waals surface area contributed by atoms with Gasteiger partial charge in [0, 0.05) is 50.0 Å². The summed E-state index contributed by atoms with van der Waals surface area (Å²) >= 11 is 0. The molecule has 1 amide bonds. The molecule has 2 aromatic heterocycles. The Labute approximate surface area is 178 Å². The molecule has 1 aliphatic heterocycles. The summed E-state index contributed by atoms with van der Waals surface area (Å²) in [7, 11) is -3.61. The number of sulfonamides is 1. The number of fused-ring (bicyclic) bond motifs is 1. The topological polar surface area (TPSA) is 98.4 Å². The average Bonchev–Trinajstić information content (AvgIpc) is 3.20. The van der Waals surface area contributed by atoms with Crippen LogP contribution in [-0.4, -0.2) is 71.8 Å². The van der Waals surface area contributed by atoms with E-state index in [1.54, 1.807) is 18.3 Å². The fourth-order valence-electron chi connectivity index (χ4n) is 4.51. The minimum atomic E-state index is -3.61. The molecule has 2 N–H and O–H groups in total. The highest BCUT2D eigenvalue weighted by molar-refractivity contribution is 7.89. The average molecular weight is 434 g/mol. The van der Waals surface area contributed by atoms with Gasteiger partial charge in [-0.1, -0.05) is 6.92 Å². The highest BCUT2D eigenvalue weighted by atomic mass is 32.2. The normalized spacial score (nSPS) is 25.3. The minimum absolute atomic E-state index is 0.0496. The van der Waals surface area contributed by atoms with Crippen molar-refractivity contribution < 1.29 is 13.2 Å². The van der Waals surface area contributed by atoms with Gasteiger partial charge in [-0.15, -0.1) is 0 Å². The van der Waals surface area contributed by atoms with Crippen LogP contribution in [0.3, 0.4) is 0 Å². The molecule has 1 aliphatic carbocycles. The van der Waals surface area contributed by atoms with Gasteiger partial charge < -0.3 is 10.3 Å². The van der Waals surface area contributed by atoms with Crippen LogP contribution in [0.4, 0.5) is 0 Å². The Morgan fingerprint density at radius 1 is 1.20 bits per heavy atom. The number of carbonyl (C=O) groups excluding carboxylic acids is 1. The van der Waals surface area contributed by atoms with Crippen LogP contribution in [0.15, 0.2) is 29.4 Å². The van der Waals surface area contributed by atoms with Gasteiger partial charge in [0.25, 0.3) is 0 Å². The molecule has 0 bridgehead atoms. The maximum Gasteiger partial charge on any atom is 0.245 e. The van der Waals surface area contributed by atoms with Crippen molar-refractivity contribution in [3.8, 4) is 0 Å². The molecule has 9 heteroatoms. The van der Waals surface area contributed by atoms with E-state index < -0.39 is 10.0 Å². The van der Waals surface area contributed by atoms with Gasteiger partial charge in [-0.25, -0.2) is 13.4 Å². The highest BCUT2D eigenvalue weighted by Gasteiger charge is 2.33. The quantitative estimate of drug-likeness (QED) is 0.751. The molecular weight excluding hydrogens is 402 g/mol. The van der Waals surface area contributed by atoms with E-state index in [0.29, 0.717) is 37.2 Å². The summed E-state index contributed by atoms with van der Waals surface area (Å²) in [5.41, 5.74) is 0.567. The van der Waals surface area contributed by atoms with Crippen LogP contribution < -0.4 is 5.32 Å². The molecule has 1 atom stereocenters. The zero-order valence-corrected chi connectivity index (χ0v) is 18.5. The number of nitrogens with one attached hydrogen (secondary N) is 2. The van der Waals surface area contributed by atoms with Crippen LogP contribution in [0.2, 0.25) is 0 Å². The Kier molecular flexibility index (Phi) is 6.13. The van der Waals surface area contributed by atoms with Gasteiger partial charge in [0.15, 0.2) is 0 Å². The lowest BCUT2D eigenvalue weighted by atomic mass is 9.87. The first-order valence-electron chi connectivity index (χ1n) is 10.8. The Morgan fingerprint density at radius 3 is 2.60 bits per heavy atom. The van der Waals surface area contributed by atoms with Gasteiger partial charge in [-0.05, 0) is 50.7 Å². The summed E-state index contributed by atoms with van der Waals surface area (Å²) in [6, 6.07) is 3.51. The molecule has 3 heterocycles. The lowest BCUT2D eigenvalue weighted by Crippen LogP contribution is -2.56. The van der Waals surface area contributed by atoms with Gasteiger partial charge in [-0.2, -0.15) is 4.31 Å². The minimum Gasteiger partial charge on any atom is -0.352 e. The highest BCUT2D eigenvalue weighted by Crippen LogP contribution is 2.26. The predicted octanol–water partition coefficient (Wildman–Crippen LogP) is 1.95. The lowest BCUT2D eigenvalue weighted by Gasteiger charge is -2.37. The van der Waals surface area contributed by atoms with Crippen LogP contribution in [0.1, 0.15) is 39.5 Å². The third-order valence-corrected chi connectivity index (χ3v) is 8.53. The van der Waals surface area contributed by atoms with Crippen molar-refractivity contribution in [1.29, 1.82) is 0 Å².